The van der Waals surface area contributed by atoms with Crippen LogP contribution in [-0.4, -0.2) is 18.1 Å². The molecule has 0 saturated heterocycles. The van der Waals surface area contributed by atoms with Gasteiger partial charge in [-0.05, 0) is 46.3 Å². The van der Waals surface area contributed by atoms with Gasteiger partial charge in [-0.15, -0.1) is 11.3 Å². The predicted octanol–water partition coefficient (Wildman–Crippen LogP) is 4.42. The van der Waals surface area contributed by atoms with Crippen LogP contribution in [0.3, 0.4) is 0 Å². The average Bonchev–Trinajstić information content (AvgIpc) is 2.95. The SMILES string of the molecule is COC(=O)c1ccc(OCc2nc3ccccc3s2)c(Br)c1. The molecule has 0 amide bonds. The Morgan fingerprint density at radius 2 is 2.09 bits per heavy atom. The van der Waals surface area contributed by atoms with E-state index >= 15 is 0 Å². The molecule has 6 heteroatoms. The third-order valence-electron chi connectivity index (χ3n) is 3.04. The number of methoxy groups -OCH3 is 1. The first-order valence-electron chi connectivity index (χ1n) is 6.52. The number of hydrogen-bond acceptors (Lipinski definition) is 5. The molecule has 0 bridgehead atoms. The fourth-order valence-electron chi connectivity index (χ4n) is 1.98. The van der Waals surface area contributed by atoms with E-state index in [2.05, 4.69) is 25.7 Å². The van der Waals surface area contributed by atoms with E-state index in [0.717, 1.165) is 15.2 Å². The fraction of sp³-hybridized carbons (Fsp3) is 0.125. The van der Waals surface area contributed by atoms with E-state index in [1.807, 2.05) is 24.3 Å². The Labute approximate surface area is 139 Å². The summed E-state index contributed by atoms with van der Waals surface area (Å²) in [6.45, 7) is 0.384. The number of benzene rings is 2. The van der Waals surface area contributed by atoms with E-state index < -0.39 is 0 Å². The van der Waals surface area contributed by atoms with Gasteiger partial charge in [0.05, 0.1) is 27.4 Å². The quantitative estimate of drug-likeness (QED) is 0.631. The van der Waals surface area contributed by atoms with E-state index in [-0.39, 0.29) is 5.97 Å². The molecule has 4 nitrogen and oxygen atoms in total. The Hall–Kier alpha value is -1.92. The highest BCUT2D eigenvalue weighted by molar-refractivity contribution is 9.10. The monoisotopic (exact) mass is 377 g/mol. The van der Waals surface area contributed by atoms with E-state index in [1.165, 1.54) is 7.11 Å². The predicted molar refractivity (Wildman–Crippen MR) is 89.4 cm³/mol. The second kappa shape index (κ2) is 6.46. The number of nitrogens with zero attached hydrogens (tertiary/aromatic N) is 1. The molecule has 0 spiro atoms. The van der Waals surface area contributed by atoms with Gasteiger partial charge in [0.15, 0.2) is 0 Å². The van der Waals surface area contributed by atoms with Gasteiger partial charge in [0.1, 0.15) is 17.4 Å². The lowest BCUT2D eigenvalue weighted by atomic mass is 10.2. The van der Waals surface area contributed by atoms with E-state index in [4.69, 9.17) is 4.74 Å². The number of fused-ring (bicyclic) bond motifs is 1. The molecule has 0 fully saturated rings. The number of rotatable bonds is 4. The molecule has 1 heterocycles. The molecule has 3 aromatic rings. The number of carbonyl (C=O) groups excluding carboxylic acids is 1. The Morgan fingerprint density at radius 1 is 1.27 bits per heavy atom. The fourth-order valence-corrected chi connectivity index (χ4v) is 3.36. The van der Waals surface area contributed by atoms with Crippen LogP contribution in [-0.2, 0) is 11.3 Å². The Balaban J connectivity index is 1.74. The van der Waals surface area contributed by atoms with Crippen molar-refractivity contribution in [1.29, 1.82) is 0 Å². The molecule has 0 radical (unpaired) electrons. The van der Waals surface area contributed by atoms with Crippen molar-refractivity contribution in [3.8, 4) is 5.75 Å². The summed E-state index contributed by atoms with van der Waals surface area (Å²) >= 11 is 5.01. The van der Waals surface area contributed by atoms with Crippen molar-refractivity contribution in [1.82, 2.24) is 4.98 Å². The van der Waals surface area contributed by atoms with Crippen LogP contribution >= 0.6 is 27.3 Å². The lowest BCUT2D eigenvalue weighted by Crippen LogP contribution is -2.02. The number of hydrogen-bond donors (Lipinski definition) is 0. The van der Waals surface area contributed by atoms with Gasteiger partial charge in [-0.25, -0.2) is 9.78 Å². The van der Waals surface area contributed by atoms with Crippen molar-refractivity contribution < 1.29 is 14.3 Å². The summed E-state index contributed by atoms with van der Waals surface area (Å²) in [4.78, 5) is 16.0. The number of para-hydroxylation sites is 1. The standard InChI is InChI=1S/C16H12BrNO3S/c1-20-16(19)10-6-7-13(11(17)8-10)21-9-15-18-12-4-2-3-5-14(12)22-15/h2-8H,9H2,1H3. The summed E-state index contributed by atoms with van der Waals surface area (Å²) in [6, 6.07) is 13.1. The molecule has 0 aliphatic carbocycles. The minimum absolute atomic E-state index is 0.376. The summed E-state index contributed by atoms with van der Waals surface area (Å²) in [5.74, 6) is 0.283. The highest BCUT2D eigenvalue weighted by Crippen LogP contribution is 2.28. The molecule has 0 aliphatic rings. The van der Waals surface area contributed by atoms with E-state index in [0.29, 0.717) is 22.4 Å². The lowest BCUT2D eigenvalue weighted by molar-refractivity contribution is 0.0600. The normalized spacial score (nSPS) is 10.6. The van der Waals surface area contributed by atoms with Crippen LogP contribution in [0.15, 0.2) is 46.9 Å². The zero-order valence-electron chi connectivity index (χ0n) is 11.7. The van der Waals surface area contributed by atoms with Crippen molar-refractivity contribution in [3.05, 3.63) is 57.5 Å². The maximum Gasteiger partial charge on any atom is 0.337 e. The van der Waals surface area contributed by atoms with Crippen molar-refractivity contribution in [2.24, 2.45) is 0 Å². The largest absolute Gasteiger partial charge is 0.485 e. The summed E-state index contributed by atoms with van der Waals surface area (Å²) in [5, 5.41) is 0.908. The van der Waals surface area contributed by atoms with Gasteiger partial charge >= 0.3 is 5.97 Å². The van der Waals surface area contributed by atoms with Crippen LogP contribution in [0.4, 0.5) is 0 Å². The molecule has 1 aromatic heterocycles. The van der Waals surface area contributed by atoms with Gasteiger partial charge in [0.25, 0.3) is 0 Å². The average molecular weight is 378 g/mol. The van der Waals surface area contributed by atoms with E-state index in [9.17, 15) is 4.79 Å². The van der Waals surface area contributed by atoms with Crippen molar-refractivity contribution in [2.45, 2.75) is 6.61 Å². The van der Waals surface area contributed by atoms with Crippen LogP contribution in [0.25, 0.3) is 10.2 Å². The van der Waals surface area contributed by atoms with Crippen molar-refractivity contribution >= 4 is 43.5 Å². The Kier molecular flexibility index (Phi) is 4.40. The maximum absolute atomic E-state index is 11.5. The lowest BCUT2D eigenvalue weighted by Gasteiger charge is -2.07. The zero-order valence-corrected chi connectivity index (χ0v) is 14.1. The maximum atomic E-state index is 11.5. The summed E-state index contributed by atoms with van der Waals surface area (Å²) in [7, 11) is 1.35. The smallest absolute Gasteiger partial charge is 0.337 e. The molecular weight excluding hydrogens is 366 g/mol. The molecular formula is C16H12BrNO3S. The van der Waals surface area contributed by atoms with Crippen molar-refractivity contribution in [3.63, 3.8) is 0 Å². The molecule has 3 rings (SSSR count). The Bertz CT molecular complexity index is 798. The minimum Gasteiger partial charge on any atom is -0.485 e. The van der Waals surface area contributed by atoms with Crippen LogP contribution in [0.2, 0.25) is 0 Å². The molecule has 0 saturated carbocycles. The van der Waals surface area contributed by atoms with Gasteiger partial charge in [0, 0.05) is 0 Å². The first-order chi connectivity index (χ1) is 10.7. The Morgan fingerprint density at radius 3 is 2.82 bits per heavy atom. The highest BCUT2D eigenvalue weighted by atomic mass is 79.9. The van der Waals surface area contributed by atoms with Gasteiger partial charge < -0.3 is 9.47 Å². The van der Waals surface area contributed by atoms with Crippen LogP contribution in [0, 0.1) is 0 Å². The van der Waals surface area contributed by atoms with Gasteiger partial charge in [-0.1, -0.05) is 12.1 Å². The number of thiazole rings is 1. The van der Waals surface area contributed by atoms with Gasteiger partial charge in [-0.3, -0.25) is 0 Å². The van der Waals surface area contributed by atoms with Gasteiger partial charge in [0.2, 0.25) is 0 Å². The van der Waals surface area contributed by atoms with Crippen LogP contribution < -0.4 is 4.74 Å². The third kappa shape index (κ3) is 3.13. The third-order valence-corrected chi connectivity index (χ3v) is 4.67. The van der Waals surface area contributed by atoms with E-state index in [1.54, 1.807) is 29.5 Å². The number of ether oxygens (including phenoxy) is 2. The summed E-state index contributed by atoms with van der Waals surface area (Å²) in [5.41, 5.74) is 1.45. The molecule has 0 unspecified atom stereocenters. The molecule has 112 valence electrons. The molecule has 0 atom stereocenters. The number of halogens is 1. The summed E-state index contributed by atoms with van der Waals surface area (Å²) in [6.07, 6.45) is 0. The highest BCUT2D eigenvalue weighted by Gasteiger charge is 2.10. The van der Waals surface area contributed by atoms with Crippen LogP contribution in [0.1, 0.15) is 15.4 Å². The molecule has 22 heavy (non-hydrogen) atoms. The first-order valence-corrected chi connectivity index (χ1v) is 8.13. The molecule has 0 aliphatic heterocycles. The van der Waals surface area contributed by atoms with Crippen LogP contribution in [0.5, 0.6) is 5.75 Å². The number of aromatic nitrogens is 1. The number of carbonyl (C=O) groups is 1. The molecule has 2 aromatic carbocycles. The topological polar surface area (TPSA) is 48.4 Å². The van der Waals surface area contributed by atoms with Crippen molar-refractivity contribution in [2.75, 3.05) is 7.11 Å². The number of esters is 1. The first kappa shape index (κ1) is 15.0. The summed E-state index contributed by atoms with van der Waals surface area (Å²) < 4.78 is 12.3. The van der Waals surface area contributed by atoms with Gasteiger partial charge in [-0.2, -0.15) is 0 Å². The molecule has 0 N–H and O–H groups in total. The second-order valence-corrected chi connectivity index (χ2v) is 6.47. The minimum atomic E-state index is -0.376. The zero-order chi connectivity index (χ0) is 15.5. The second-order valence-electron chi connectivity index (χ2n) is 4.50.